The maximum absolute atomic E-state index is 13.0. The maximum Gasteiger partial charge on any atom is 0.339 e. The van der Waals surface area contributed by atoms with Gasteiger partial charge in [0.05, 0.1) is 29.4 Å². The molecule has 0 N–H and O–H groups in total. The van der Waals surface area contributed by atoms with Crippen molar-refractivity contribution in [3.05, 3.63) is 77.2 Å². The summed E-state index contributed by atoms with van der Waals surface area (Å²) in [5.41, 5.74) is 2.35. The smallest absolute Gasteiger partial charge is 0.339 e. The van der Waals surface area contributed by atoms with Gasteiger partial charge < -0.3 is 4.74 Å². The Morgan fingerprint density at radius 2 is 1.88 bits per heavy atom. The van der Waals surface area contributed by atoms with Crippen molar-refractivity contribution in [1.82, 2.24) is 19.7 Å². The Kier molecular flexibility index (Phi) is 6.24. The molecule has 0 aliphatic heterocycles. The van der Waals surface area contributed by atoms with Gasteiger partial charge in [0.2, 0.25) is 0 Å². The Labute approximate surface area is 196 Å². The molecule has 0 fully saturated rings. The summed E-state index contributed by atoms with van der Waals surface area (Å²) in [7, 11) is 0. The van der Waals surface area contributed by atoms with Crippen molar-refractivity contribution < 1.29 is 14.3 Å². The number of ether oxygens (including phenoxy) is 1. The van der Waals surface area contributed by atoms with Crippen molar-refractivity contribution in [2.24, 2.45) is 5.41 Å². The third kappa shape index (κ3) is 4.93. The molecule has 0 atom stereocenters. The summed E-state index contributed by atoms with van der Waals surface area (Å²) in [5, 5.41) is 5.60. The fourth-order valence-electron chi connectivity index (χ4n) is 3.21. The van der Waals surface area contributed by atoms with E-state index in [1.54, 1.807) is 56.2 Å². The molecular formula is C25H23ClN4O3. The van der Waals surface area contributed by atoms with Crippen molar-refractivity contribution in [3.63, 3.8) is 0 Å². The zero-order valence-corrected chi connectivity index (χ0v) is 19.3. The summed E-state index contributed by atoms with van der Waals surface area (Å²) in [6, 6.07) is 12.8. The Balaban J connectivity index is 1.77. The monoisotopic (exact) mass is 462 g/mol. The van der Waals surface area contributed by atoms with Crippen molar-refractivity contribution in [1.29, 1.82) is 0 Å². The van der Waals surface area contributed by atoms with Crippen molar-refractivity contribution >= 4 is 34.4 Å². The van der Waals surface area contributed by atoms with Crippen LogP contribution in [0.25, 0.3) is 22.3 Å². The molecular weight excluding hydrogens is 440 g/mol. The number of carbonyl (C=O) groups excluding carboxylic acids is 2. The number of rotatable bonds is 6. The van der Waals surface area contributed by atoms with Crippen LogP contribution in [-0.2, 0) is 16.1 Å². The van der Waals surface area contributed by atoms with E-state index in [-0.39, 0.29) is 18.0 Å². The second-order valence-corrected chi connectivity index (χ2v) is 9.08. The molecule has 0 aliphatic carbocycles. The molecule has 33 heavy (non-hydrogen) atoms. The molecule has 3 heterocycles. The second-order valence-electron chi connectivity index (χ2n) is 8.68. The average Bonchev–Trinajstić information content (AvgIpc) is 3.20. The van der Waals surface area contributed by atoms with E-state index in [4.69, 9.17) is 21.3 Å². The SMILES string of the molecule is CC(C)(C)C(=O)COC(=O)c1cc(-c2cccnc2)nc2c1cnn2Cc1ccccc1Cl. The van der Waals surface area contributed by atoms with Gasteiger partial charge in [-0.2, -0.15) is 5.10 Å². The summed E-state index contributed by atoms with van der Waals surface area (Å²) in [5.74, 6) is -0.773. The Bertz CT molecular complexity index is 1330. The van der Waals surface area contributed by atoms with Gasteiger partial charge >= 0.3 is 5.97 Å². The molecule has 7 nitrogen and oxygen atoms in total. The standard InChI is InChI=1S/C25H23ClN4O3/c1-25(2,3)22(31)15-33-24(32)18-11-21(16-8-6-10-27-12-16)29-23-19(18)13-28-30(23)14-17-7-4-5-9-20(17)26/h4-13H,14-15H2,1-3H3. The van der Waals surface area contributed by atoms with Crippen LogP contribution < -0.4 is 0 Å². The van der Waals surface area contributed by atoms with Crippen LogP contribution in [0.5, 0.6) is 0 Å². The molecule has 0 unspecified atom stereocenters. The highest BCUT2D eigenvalue weighted by atomic mass is 35.5. The van der Waals surface area contributed by atoms with Gasteiger partial charge in [0.15, 0.2) is 18.0 Å². The van der Waals surface area contributed by atoms with E-state index >= 15 is 0 Å². The third-order valence-electron chi connectivity index (χ3n) is 5.24. The van der Waals surface area contributed by atoms with Crippen molar-refractivity contribution in [2.45, 2.75) is 27.3 Å². The lowest BCUT2D eigenvalue weighted by molar-refractivity contribution is -0.129. The first-order valence-electron chi connectivity index (χ1n) is 10.4. The van der Waals surface area contributed by atoms with E-state index < -0.39 is 11.4 Å². The van der Waals surface area contributed by atoms with Crippen LogP contribution in [0.3, 0.4) is 0 Å². The Morgan fingerprint density at radius 3 is 2.58 bits per heavy atom. The van der Waals surface area contributed by atoms with E-state index in [1.807, 2.05) is 30.3 Å². The summed E-state index contributed by atoms with van der Waals surface area (Å²) in [4.78, 5) is 34.2. The summed E-state index contributed by atoms with van der Waals surface area (Å²) in [6.45, 7) is 5.43. The van der Waals surface area contributed by atoms with Crippen molar-refractivity contribution in [3.8, 4) is 11.3 Å². The predicted molar refractivity (Wildman–Crippen MR) is 126 cm³/mol. The number of esters is 1. The van der Waals surface area contributed by atoms with Crippen molar-refractivity contribution in [2.75, 3.05) is 6.61 Å². The average molecular weight is 463 g/mol. The van der Waals surface area contributed by atoms with Gasteiger partial charge in [-0.3, -0.25) is 9.78 Å². The van der Waals surface area contributed by atoms with Crippen LogP contribution in [0.2, 0.25) is 5.02 Å². The molecule has 0 spiro atoms. The van der Waals surface area contributed by atoms with Gasteiger partial charge in [-0.25, -0.2) is 14.5 Å². The van der Waals surface area contributed by atoms with Gasteiger partial charge in [0.25, 0.3) is 0 Å². The number of nitrogens with zero attached hydrogens (tertiary/aromatic N) is 4. The molecule has 3 aromatic heterocycles. The van der Waals surface area contributed by atoms with Gasteiger partial charge in [0, 0.05) is 28.4 Å². The molecule has 0 saturated heterocycles. The number of pyridine rings is 2. The zero-order valence-electron chi connectivity index (χ0n) is 18.6. The molecule has 0 radical (unpaired) electrons. The predicted octanol–water partition coefficient (Wildman–Crippen LogP) is 4.97. The highest BCUT2D eigenvalue weighted by Gasteiger charge is 2.24. The Morgan fingerprint density at radius 1 is 1.09 bits per heavy atom. The van der Waals surface area contributed by atoms with Crippen LogP contribution >= 0.6 is 11.6 Å². The first-order chi connectivity index (χ1) is 15.7. The zero-order chi connectivity index (χ0) is 23.6. The molecule has 4 aromatic rings. The highest BCUT2D eigenvalue weighted by molar-refractivity contribution is 6.31. The second kappa shape index (κ2) is 9.11. The van der Waals surface area contributed by atoms with E-state index in [2.05, 4.69) is 10.1 Å². The van der Waals surface area contributed by atoms with Gasteiger partial charge in [-0.05, 0) is 29.8 Å². The minimum atomic E-state index is -0.609. The summed E-state index contributed by atoms with van der Waals surface area (Å²) >= 11 is 6.33. The molecule has 0 aliphatic rings. The van der Waals surface area contributed by atoms with Gasteiger partial charge in [-0.1, -0.05) is 50.6 Å². The molecule has 0 amide bonds. The number of hydrogen-bond donors (Lipinski definition) is 0. The van der Waals surface area contributed by atoms with Crippen LogP contribution in [-0.4, -0.2) is 38.1 Å². The molecule has 8 heteroatoms. The molecule has 4 rings (SSSR count). The number of hydrogen-bond acceptors (Lipinski definition) is 6. The van der Waals surface area contributed by atoms with Crippen LogP contribution in [0.1, 0.15) is 36.7 Å². The minimum Gasteiger partial charge on any atom is -0.454 e. The number of halogens is 1. The quantitative estimate of drug-likeness (QED) is 0.376. The van der Waals surface area contributed by atoms with E-state index in [9.17, 15) is 9.59 Å². The van der Waals surface area contributed by atoms with E-state index in [0.29, 0.717) is 28.3 Å². The molecule has 0 saturated carbocycles. The molecule has 0 bridgehead atoms. The Hall–Kier alpha value is -3.58. The minimum absolute atomic E-state index is 0.164. The van der Waals surface area contributed by atoms with Crippen LogP contribution in [0.4, 0.5) is 0 Å². The lowest BCUT2D eigenvalue weighted by Crippen LogP contribution is -2.26. The number of benzene rings is 1. The largest absolute Gasteiger partial charge is 0.454 e. The topological polar surface area (TPSA) is 87.0 Å². The first kappa shape index (κ1) is 22.6. The highest BCUT2D eigenvalue weighted by Crippen LogP contribution is 2.27. The van der Waals surface area contributed by atoms with E-state index in [1.165, 1.54) is 0 Å². The number of carbonyl (C=O) groups is 2. The van der Waals surface area contributed by atoms with Crippen LogP contribution in [0.15, 0.2) is 61.1 Å². The normalized spacial score (nSPS) is 11.5. The lowest BCUT2D eigenvalue weighted by Gasteiger charge is -2.16. The number of ketones is 1. The maximum atomic E-state index is 13.0. The van der Waals surface area contributed by atoms with Gasteiger partial charge in [-0.15, -0.1) is 0 Å². The molecule has 1 aromatic carbocycles. The van der Waals surface area contributed by atoms with Crippen LogP contribution in [0, 0.1) is 5.41 Å². The first-order valence-corrected chi connectivity index (χ1v) is 10.8. The van der Waals surface area contributed by atoms with Gasteiger partial charge in [0.1, 0.15) is 0 Å². The fourth-order valence-corrected chi connectivity index (χ4v) is 3.40. The number of Topliss-reactive ketones (excluding diaryl/α,β-unsaturated/α-hetero) is 1. The number of aromatic nitrogens is 4. The summed E-state index contributed by atoms with van der Waals surface area (Å²) < 4.78 is 7.06. The third-order valence-corrected chi connectivity index (χ3v) is 5.60. The lowest BCUT2D eigenvalue weighted by atomic mass is 9.91. The summed E-state index contributed by atoms with van der Waals surface area (Å²) in [6.07, 6.45) is 4.91. The number of fused-ring (bicyclic) bond motifs is 1. The van der Waals surface area contributed by atoms with E-state index in [0.717, 1.165) is 11.1 Å². The fraction of sp³-hybridized carbons (Fsp3) is 0.240. The molecule has 168 valence electrons.